The molecule has 6 amide bonds. The van der Waals surface area contributed by atoms with Gasteiger partial charge in [-0.3, -0.25) is 28.6 Å². The molecule has 0 aliphatic carbocycles. The fourth-order valence-corrected chi connectivity index (χ4v) is 3.95. The average molecular weight is 497 g/mol. The van der Waals surface area contributed by atoms with Crippen LogP contribution in [0.3, 0.4) is 0 Å². The topological polar surface area (TPSA) is 183 Å². The van der Waals surface area contributed by atoms with Crippen molar-refractivity contribution in [1.29, 1.82) is 0 Å². The van der Waals surface area contributed by atoms with Gasteiger partial charge < -0.3 is 15.5 Å². The van der Waals surface area contributed by atoms with Crippen LogP contribution in [0.2, 0.25) is 0 Å². The predicted octanol–water partition coefficient (Wildman–Crippen LogP) is -1.42. The van der Waals surface area contributed by atoms with Gasteiger partial charge in [0.05, 0.1) is 6.04 Å². The van der Waals surface area contributed by atoms with Crippen molar-refractivity contribution >= 4 is 40.1 Å². The van der Waals surface area contributed by atoms with E-state index in [2.05, 4.69) is 14.9 Å². The molecule has 3 atom stereocenters. The summed E-state index contributed by atoms with van der Waals surface area (Å²) in [5, 5.41) is 5.19. The van der Waals surface area contributed by atoms with Crippen molar-refractivity contribution < 1.29 is 41.2 Å². The van der Waals surface area contributed by atoms with Gasteiger partial charge in [-0.05, 0) is 19.4 Å². The normalized spacial score (nSPS) is 21.7. The highest BCUT2D eigenvalue weighted by Crippen LogP contribution is 2.23. The second-order valence-electron chi connectivity index (χ2n) is 7.53. The molecule has 2 fully saturated rings. The lowest BCUT2D eigenvalue weighted by Crippen LogP contribution is -2.70. The van der Waals surface area contributed by atoms with E-state index >= 15 is 0 Å². The highest BCUT2D eigenvalue weighted by atomic mass is 32.3. The second kappa shape index (κ2) is 9.74. The van der Waals surface area contributed by atoms with Crippen molar-refractivity contribution in [3.05, 3.63) is 35.9 Å². The Hall–Kier alpha value is -3.56. The number of carbonyl (C=O) groups excluding carboxylic acids is 5. The van der Waals surface area contributed by atoms with E-state index in [4.69, 9.17) is 4.55 Å². The number of nitrogens with one attached hydrogen (secondary N) is 2. The molecule has 1 aromatic carbocycles. The van der Waals surface area contributed by atoms with Gasteiger partial charge >= 0.3 is 28.2 Å². The molecule has 1 aromatic rings. The van der Waals surface area contributed by atoms with Crippen molar-refractivity contribution in [2.24, 2.45) is 0 Å². The third-order valence-corrected chi connectivity index (χ3v) is 5.76. The van der Waals surface area contributed by atoms with Crippen LogP contribution in [0, 0.1) is 0 Å². The molecule has 2 heterocycles. The number of likely N-dealkylation sites (N-methyl/N-ethyl adjacent to an activating group) is 1. The van der Waals surface area contributed by atoms with E-state index in [1.54, 1.807) is 25.1 Å². The van der Waals surface area contributed by atoms with Crippen LogP contribution >= 0.6 is 0 Å². The fraction of sp³-hybridized carbons (Fsp3) is 0.421. The maximum absolute atomic E-state index is 13.0. The molecule has 15 heteroatoms. The number of benzene rings is 1. The zero-order chi connectivity index (χ0) is 25.2. The van der Waals surface area contributed by atoms with Gasteiger partial charge in [-0.25, -0.2) is 4.79 Å². The number of hydroxylamine groups is 2. The van der Waals surface area contributed by atoms with E-state index in [1.807, 2.05) is 0 Å². The number of piperazine rings is 1. The number of amides is 6. The van der Waals surface area contributed by atoms with Crippen LogP contribution in [0.4, 0.5) is 4.79 Å². The number of imide groups is 1. The number of nitrogens with zero attached hydrogens (tertiary/aromatic N) is 3. The molecule has 34 heavy (non-hydrogen) atoms. The molecular weight excluding hydrogens is 474 g/mol. The van der Waals surface area contributed by atoms with E-state index in [-0.39, 0.29) is 13.1 Å². The molecule has 0 spiro atoms. The van der Waals surface area contributed by atoms with Crippen molar-refractivity contribution in [3.8, 4) is 0 Å². The quantitative estimate of drug-likeness (QED) is 0.231. The van der Waals surface area contributed by atoms with E-state index in [0.717, 1.165) is 0 Å². The Morgan fingerprint density at radius 2 is 1.79 bits per heavy atom. The van der Waals surface area contributed by atoms with Gasteiger partial charge in [0.1, 0.15) is 12.1 Å². The first-order valence-electron chi connectivity index (χ1n) is 10.2. The van der Waals surface area contributed by atoms with Crippen LogP contribution in [0.25, 0.3) is 0 Å². The number of hydrogen-bond acceptors (Lipinski definition) is 8. The Morgan fingerprint density at radius 1 is 1.15 bits per heavy atom. The lowest BCUT2D eigenvalue weighted by atomic mass is 9.98. The molecule has 3 rings (SSSR count). The molecule has 0 aromatic heterocycles. The maximum atomic E-state index is 13.0. The third-order valence-electron chi connectivity index (χ3n) is 5.41. The lowest BCUT2D eigenvalue weighted by molar-refractivity contribution is -0.196. The molecule has 3 N–H and O–H groups in total. The van der Waals surface area contributed by atoms with Crippen molar-refractivity contribution in [3.63, 3.8) is 0 Å². The average Bonchev–Trinajstić information content (AvgIpc) is 2.80. The van der Waals surface area contributed by atoms with Gasteiger partial charge in [0.2, 0.25) is 5.91 Å². The molecule has 0 radical (unpaired) electrons. The fourth-order valence-electron chi connectivity index (χ4n) is 3.54. The van der Waals surface area contributed by atoms with E-state index < -0.39 is 58.2 Å². The van der Waals surface area contributed by atoms with Crippen LogP contribution in [-0.4, -0.2) is 89.2 Å². The standard InChI is InChI=1S/C19H23N5O9S/c1-3-22-9-10-23(18(28)17(22)27)19(29)21-14(12-7-5-4-6-8-12)15(25)20-13-11(2)24(16(13)26)33-34(30,31)32/h4-8,11,13-14H,3,9-10H2,1-2H3,(H,20,25)(H,21,29)(H,30,31,32)/t11-,13-,14-/m0/s1. The molecule has 2 aliphatic rings. The van der Waals surface area contributed by atoms with Crippen LogP contribution in [0.1, 0.15) is 25.5 Å². The van der Waals surface area contributed by atoms with Gasteiger partial charge in [0.25, 0.3) is 5.91 Å². The molecule has 184 valence electrons. The summed E-state index contributed by atoms with van der Waals surface area (Å²) < 4.78 is 34.6. The molecule has 2 aliphatic heterocycles. The predicted molar refractivity (Wildman–Crippen MR) is 113 cm³/mol. The summed E-state index contributed by atoms with van der Waals surface area (Å²) >= 11 is 0. The molecule has 14 nitrogen and oxygen atoms in total. The first-order chi connectivity index (χ1) is 15.9. The van der Waals surface area contributed by atoms with Gasteiger partial charge in [-0.1, -0.05) is 30.3 Å². The van der Waals surface area contributed by atoms with E-state index in [0.29, 0.717) is 22.1 Å². The number of carbonyl (C=O) groups is 5. The summed E-state index contributed by atoms with van der Waals surface area (Å²) in [6, 6.07) is 3.48. The minimum atomic E-state index is -4.94. The molecule has 0 saturated carbocycles. The van der Waals surface area contributed by atoms with Gasteiger partial charge in [-0.15, -0.1) is 4.28 Å². The van der Waals surface area contributed by atoms with Crippen LogP contribution in [0.5, 0.6) is 0 Å². The molecule has 0 bridgehead atoms. The largest absolute Gasteiger partial charge is 0.418 e. The summed E-state index contributed by atoms with van der Waals surface area (Å²) in [6.07, 6.45) is 0. The summed E-state index contributed by atoms with van der Waals surface area (Å²) in [5.41, 5.74) is 0.324. The smallest absolute Gasteiger partial charge is 0.340 e. The summed E-state index contributed by atoms with van der Waals surface area (Å²) in [5.74, 6) is -3.63. The Kier molecular flexibility index (Phi) is 7.18. The molecular formula is C19H23N5O9S. The van der Waals surface area contributed by atoms with Crippen molar-refractivity contribution in [2.45, 2.75) is 32.0 Å². The lowest BCUT2D eigenvalue weighted by Gasteiger charge is -2.42. The first kappa shape index (κ1) is 25.1. The minimum absolute atomic E-state index is 0.0621. The van der Waals surface area contributed by atoms with E-state index in [9.17, 15) is 32.4 Å². The highest BCUT2D eigenvalue weighted by Gasteiger charge is 2.49. The number of hydrogen-bond donors (Lipinski definition) is 3. The van der Waals surface area contributed by atoms with Crippen LogP contribution in [0.15, 0.2) is 30.3 Å². The Bertz CT molecular complexity index is 1110. The first-order valence-corrected chi connectivity index (χ1v) is 11.6. The summed E-state index contributed by atoms with van der Waals surface area (Å²) in [7, 11) is -4.94. The monoisotopic (exact) mass is 497 g/mol. The van der Waals surface area contributed by atoms with Crippen molar-refractivity contribution in [1.82, 2.24) is 25.5 Å². The Labute approximate surface area is 194 Å². The zero-order valence-corrected chi connectivity index (χ0v) is 19.0. The summed E-state index contributed by atoms with van der Waals surface area (Å²) in [6.45, 7) is 3.45. The molecule has 2 saturated heterocycles. The van der Waals surface area contributed by atoms with Gasteiger partial charge in [0.15, 0.2) is 0 Å². The summed E-state index contributed by atoms with van der Waals surface area (Å²) in [4.78, 5) is 64.4. The molecule has 0 unspecified atom stereocenters. The van der Waals surface area contributed by atoms with Crippen LogP contribution in [-0.2, 0) is 33.9 Å². The number of β-lactam (4-membered cyclic amide) rings is 1. The third kappa shape index (κ3) is 5.16. The number of rotatable bonds is 7. The van der Waals surface area contributed by atoms with Gasteiger partial charge in [0, 0.05) is 19.6 Å². The van der Waals surface area contributed by atoms with Gasteiger partial charge in [-0.2, -0.15) is 13.5 Å². The van der Waals surface area contributed by atoms with Crippen LogP contribution < -0.4 is 10.6 Å². The minimum Gasteiger partial charge on any atom is -0.340 e. The zero-order valence-electron chi connectivity index (χ0n) is 18.2. The van der Waals surface area contributed by atoms with Crippen molar-refractivity contribution in [2.75, 3.05) is 19.6 Å². The highest BCUT2D eigenvalue weighted by molar-refractivity contribution is 7.80. The SMILES string of the molecule is CCN1CCN(C(=O)N[C@H](C(=O)N[C@@H]2C(=O)N(OS(=O)(=O)O)[C@H]2C)c2ccccc2)C(=O)C1=O. The maximum Gasteiger partial charge on any atom is 0.418 e. The van der Waals surface area contributed by atoms with E-state index in [1.165, 1.54) is 24.0 Å². The Balaban J connectivity index is 1.74. The Morgan fingerprint density at radius 3 is 2.35 bits per heavy atom. The second-order valence-corrected chi connectivity index (χ2v) is 8.53. The number of urea groups is 1.